The number of aryl methyl sites for hydroxylation is 1. The quantitative estimate of drug-likeness (QED) is 0.943. The van der Waals surface area contributed by atoms with Gasteiger partial charge < -0.3 is 9.84 Å². The summed E-state index contributed by atoms with van der Waals surface area (Å²) in [5.74, 6) is 0.393. The van der Waals surface area contributed by atoms with Crippen molar-refractivity contribution < 1.29 is 14.6 Å². The van der Waals surface area contributed by atoms with Crippen LogP contribution in [0.4, 0.5) is 0 Å². The molecule has 0 saturated heterocycles. The van der Waals surface area contributed by atoms with E-state index in [1.54, 1.807) is 7.11 Å². The van der Waals surface area contributed by atoms with E-state index in [9.17, 15) is 4.79 Å². The van der Waals surface area contributed by atoms with Crippen molar-refractivity contribution in [3.63, 3.8) is 0 Å². The van der Waals surface area contributed by atoms with Crippen molar-refractivity contribution in [2.45, 2.75) is 13.0 Å². The van der Waals surface area contributed by atoms with E-state index >= 15 is 0 Å². The molecule has 1 aromatic heterocycles. The van der Waals surface area contributed by atoms with E-state index in [1.165, 1.54) is 23.1 Å². The minimum absolute atomic E-state index is 0.475. The number of carbonyl (C=O) groups is 1. The molecule has 7 heteroatoms. The van der Waals surface area contributed by atoms with Crippen LogP contribution in [0, 0.1) is 6.92 Å². The number of aliphatic carboxylic acids is 1. The predicted octanol–water partition coefficient (Wildman–Crippen LogP) is 2.56. The first-order valence-corrected chi connectivity index (χ1v) is 7.77. The maximum Gasteiger partial charge on any atom is 0.329 e. The lowest BCUT2D eigenvalue weighted by molar-refractivity contribution is -0.137. The molecule has 1 aromatic carbocycles. The lowest BCUT2D eigenvalue weighted by Gasteiger charge is -2.00. The van der Waals surface area contributed by atoms with Crippen LogP contribution in [0.3, 0.4) is 0 Å². The van der Waals surface area contributed by atoms with Gasteiger partial charge in [-0.1, -0.05) is 0 Å². The Balaban J connectivity index is 2.04. The lowest BCUT2D eigenvalue weighted by atomic mass is 10.2. The van der Waals surface area contributed by atoms with Crippen molar-refractivity contribution in [3.8, 4) is 5.75 Å². The minimum atomic E-state index is -0.883. The molecule has 0 aliphatic carbocycles. The number of rotatable bonds is 3. The number of carboxylic acids is 1. The molecule has 104 valence electrons. The van der Waals surface area contributed by atoms with Crippen LogP contribution >= 0.6 is 23.1 Å². The summed E-state index contributed by atoms with van der Waals surface area (Å²) in [5, 5.41) is 10.5. The highest BCUT2D eigenvalue weighted by Crippen LogP contribution is 2.33. The van der Waals surface area contributed by atoms with E-state index in [0.717, 1.165) is 31.6 Å². The molecular formula is C13H12N2O3S2. The Morgan fingerprint density at radius 1 is 1.50 bits per heavy atom. The van der Waals surface area contributed by atoms with Crippen molar-refractivity contribution in [1.82, 2.24) is 4.98 Å². The fourth-order valence-corrected chi connectivity index (χ4v) is 4.16. The zero-order valence-corrected chi connectivity index (χ0v) is 12.5. The SMILES string of the molecule is COc1cc(C)c2nc(C3=NC(C(=O)O)CS3)sc2c1. The topological polar surface area (TPSA) is 71.8 Å². The van der Waals surface area contributed by atoms with Gasteiger partial charge >= 0.3 is 5.97 Å². The third-order valence-electron chi connectivity index (χ3n) is 3.01. The van der Waals surface area contributed by atoms with Gasteiger partial charge in [-0.3, -0.25) is 4.99 Å². The van der Waals surface area contributed by atoms with E-state index < -0.39 is 12.0 Å². The number of aliphatic imine (C=N–C) groups is 1. The third-order valence-corrected chi connectivity index (χ3v) is 5.21. The number of hydrogen-bond acceptors (Lipinski definition) is 6. The normalized spacial score (nSPS) is 18.3. The second-order valence-electron chi connectivity index (χ2n) is 4.41. The van der Waals surface area contributed by atoms with Crippen LogP contribution in [0.15, 0.2) is 17.1 Å². The lowest BCUT2D eigenvalue weighted by Crippen LogP contribution is -2.17. The number of fused-ring (bicyclic) bond motifs is 1. The first-order valence-electron chi connectivity index (χ1n) is 5.97. The van der Waals surface area contributed by atoms with Gasteiger partial charge in [0, 0.05) is 5.75 Å². The highest BCUT2D eigenvalue weighted by molar-refractivity contribution is 8.15. The Hall–Kier alpha value is -1.60. The number of ether oxygens (including phenoxy) is 1. The van der Waals surface area contributed by atoms with Gasteiger partial charge in [-0.15, -0.1) is 23.1 Å². The molecule has 0 saturated carbocycles. The smallest absolute Gasteiger partial charge is 0.329 e. The van der Waals surface area contributed by atoms with Crippen LogP contribution in [0.1, 0.15) is 10.6 Å². The molecule has 20 heavy (non-hydrogen) atoms. The standard InChI is InChI=1S/C13H12N2O3S2/c1-6-3-7(18-2)4-9-10(6)15-12(20-9)11-14-8(5-19-11)13(16)17/h3-4,8H,5H2,1-2H3,(H,16,17). The average Bonchev–Trinajstić information content (AvgIpc) is 3.04. The summed E-state index contributed by atoms with van der Waals surface area (Å²) < 4.78 is 6.28. The van der Waals surface area contributed by atoms with Crippen LogP contribution in [-0.4, -0.2) is 40.0 Å². The monoisotopic (exact) mass is 308 g/mol. The van der Waals surface area contributed by atoms with Gasteiger partial charge in [-0.05, 0) is 24.6 Å². The average molecular weight is 308 g/mol. The molecule has 1 N–H and O–H groups in total. The van der Waals surface area contributed by atoms with Gasteiger partial charge in [0.05, 0.1) is 17.3 Å². The van der Waals surface area contributed by atoms with Crippen LogP contribution < -0.4 is 4.74 Å². The van der Waals surface area contributed by atoms with E-state index in [4.69, 9.17) is 9.84 Å². The zero-order chi connectivity index (χ0) is 14.3. The maximum absolute atomic E-state index is 10.9. The summed E-state index contributed by atoms with van der Waals surface area (Å²) in [6, 6.07) is 3.23. The highest BCUT2D eigenvalue weighted by atomic mass is 32.2. The fraction of sp³-hybridized carbons (Fsp3) is 0.308. The van der Waals surface area contributed by atoms with Crippen molar-refractivity contribution in [2.24, 2.45) is 4.99 Å². The number of hydrogen-bond donors (Lipinski definition) is 1. The summed E-state index contributed by atoms with van der Waals surface area (Å²) >= 11 is 2.97. The first-order chi connectivity index (χ1) is 9.58. The van der Waals surface area contributed by atoms with E-state index in [-0.39, 0.29) is 0 Å². The summed E-state index contributed by atoms with van der Waals surface area (Å²) in [5.41, 5.74) is 1.97. The number of nitrogens with zero attached hydrogens (tertiary/aromatic N) is 2. The van der Waals surface area contributed by atoms with Crippen LogP contribution in [-0.2, 0) is 4.79 Å². The van der Waals surface area contributed by atoms with Gasteiger partial charge in [-0.2, -0.15) is 0 Å². The van der Waals surface area contributed by atoms with E-state index in [0.29, 0.717) is 5.75 Å². The Bertz CT molecular complexity index is 724. The maximum atomic E-state index is 10.9. The molecule has 1 aliphatic heterocycles. The van der Waals surface area contributed by atoms with Gasteiger partial charge in [0.1, 0.15) is 15.8 Å². The minimum Gasteiger partial charge on any atom is -0.497 e. The fourth-order valence-electron chi connectivity index (χ4n) is 1.99. The molecule has 1 unspecified atom stereocenters. The number of carboxylic acid groups (broad SMARTS) is 1. The molecule has 2 heterocycles. The van der Waals surface area contributed by atoms with Crippen molar-refractivity contribution in [1.29, 1.82) is 0 Å². The first kappa shape index (κ1) is 13.4. The number of thiazole rings is 1. The summed E-state index contributed by atoms with van der Waals surface area (Å²) in [6.45, 7) is 1.98. The van der Waals surface area contributed by atoms with E-state index in [1.807, 2.05) is 19.1 Å². The molecule has 0 bridgehead atoms. The van der Waals surface area contributed by atoms with Crippen molar-refractivity contribution in [3.05, 3.63) is 22.7 Å². The third kappa shape index (κ3) is 2.27. The molecule has 0 radical (unpaired) electrons. The molecule has 0 spiro atoms. The molecule has 5 nitrogen and oxygen atoms in total. The Morgan fingerprint density at radius 3 is 2.95 bits per heavy atom. The zero-order valence-electron chi connectivity index (χ0n) is 10.9. The van der Waals surface area contributed by atoms with Gasteiger partial charge in [0.15, 0.2) is 6.04 Å². The second kappa shape index (κ2) is 5.06. The Morgan fingerprint density at radius 2 is 2.30 bits per heavy atom. The number of methoxy groups -OCH3 is 1. The largest absolute Gasteiger partial charge is 0.497 e. The molecule has 1 atom stereocenters. The molecule has 3 rings (SSSR count). The van der Waals surface area contributed by atoms with Gasteiger partial charge in [-0.25, -0.2) is 9.78 Å². The Labute approximate surface area is 123 Å². The highest BCUT2D eigenvalue weighted by Gasteiger charge is 2.27. The number of benzene rings is 1. The summed E-state index contributed by atoms with van der Waals surface area (Å²) in [7, 11) is 1.64. The summed E-state index contributed by atoms with van der Waals surface area (Å²) in [6.07, 6.45) is 0. The predicted molar refractivity (Wildman–Crippen MR) is 81.3 cm³/mol. The van der Waals surface area contributed by atoms with Crippen LogP contribution in [0.25, 0.3) is 10.2 Å². The van der Waals surface area contributed by atoms with Gasteiger partial charge in [0.25, 0.3) is 0 Å². The molecule has 0 amide bonds. The van der Waals surface area contributed by atoms with Crippen molar-refractivity contribution in [2.75, 3.05) is 12.9 Å². The summed E-state index contributed by atoms with van der Waals surface area (Å²) in [4.78, 5) is 19.7. The molecule has 0 fully saturated rings. The molecule has 1 aliphatic rings. The number of aromatic nitrogens is 1. The second-order valence-corrected chi connectivity index (χ2v) is 6.45. The van der Waals surface area contributed by atoms with Crippen LogP contribution in [0.5, 0.6) is 5.75 Å². The van der Waals surface area contributed by atoms with Crippen molar-refractivity contribution >= 4 is 44.3 Å². The molecular weight excluding hydrogens is 296 g/mol. The van der Waals surface area contributed by atoms with E-state index in [2.05, 4.69) is 9.98 Å². The number of thioether (sulfide) groups is 1. The van der Waals surface area contributed by atoms with Crippen LogP contribution in [0.2, 0.25) is 0 Å². The Kier molecular flexibility index (Phi) is 3.39. The molecule has 2 aromatic rings. The van der Waals surface area contributed by atoms with Gasteiger partial charge in [0.2, 0.25) is 0 Å².